The largest absolute Gasteiger partial charge is 0.475 e. The Morgan fingerprint density at radius 2 is 1.95 bits per heavy atom. The molecule has 20 heavy (non-hydrogen) atoms. The summed E-state index contributed by atoms with van der Waals surface area (Å²) < 4.78 is 11.1. The third-order valence-electron chi connectivity index (χ3n) is 2.70. The van der Waals surface area contributed by atoms with E-state index in [0.717, 1.165) is 17.2 Å². The first-order chi connectivity index (χ1) is 9.49. The minimum atomic E-state index is -0.201. The highest BCUT2D eigenvalue weighted by molar-refractivity contribution is 5.88. The molecule has 0 aliphatic heterocycles. The molecular weight excluding hydrogens is 254 g/mol. The summed E-state index contributed by atoms with van der Waals surface area (Å²) in [5.41, 5.74) is 1.07. The van der Waals surface area contributed by atoms with Crippen molar-refractivity contribution in [2.24, 2.45) is 0 Å². The standard InChI is InChI=1S/C16H19NO3/c1-16(2,3)20-9-8-19-15-13(11-18)10-12-6-4-5-7-14(12)17-15/h4-7,10-11H,8-9H2,1-3H3. The average Bonchev–Trinajstić information content (AvgIpc) is 2.41. The molecule has 0 amide bonds. The van der Waals surface area contributed by atoms with Crippen molar-refractivity contribution >= 4 is 17.2 Å². The minimum Gasteiger partial charge on any atom is -0.475 e. The van der Waals surface area contributed by atoms with Gasteiger partial charge in [0.05, 0.1) is 23.3 Å². The van der Waals surface area contributed by atoms with Gasteiger partial charge in [0.1, 0.15) is 6.61 Å². The van der Waals surface area contributed by atoms with Gasteiger partial charge in [-0.25, -0.2) is 4.98 Å². The van der Waals surface area contributed by atoms with Crippen LogP contribution in [0.25, 0.3) is 10.9 Å². The van der Waals surface area contributed by atoms with E-state index in [1.165, 1.54) is 0 Å². The van der Waals surface area contributed by atoms with E-state index in [0.29, 0.717) is 24.7 Å². The van der Waals surface area contributed by atoms with Crippen molar-refractivity contribution in [2.75, 3.05) is 13.2 Å². The van der Waals surface area contributed by atoms with Gasteiger partial charge in [-0.15, -0.1) is 0 Å². The molecule has 0 aliphatic rings. The number of carbonyl (C=O) groups is 1. The number of nitrogens with zero attached hydrogens (tertiary/aromatic N) is 1. The molecule has 0 saturated heterocycles. The number of pyridine rings is 1. The number of ether oxygens (including phenoxy) is 2. The normalized spacial score (nSPS) is 11.6. The fourth-order valence-corrected chi connectivity index (χ4v) is 1.80. The first-order valence-electron chi connectivity index (χ1n) is 6.61. The second-order valence-corrected chi connectivity index (χ2v) is 5.50. The number of aldehydes is 1. The van der Waals surface area contributed by atoms with Gasteiger partial charge in [-0.2, -0.15) is 0 Å². The lowest BCUT2D eigenvalue weighted by Gasteiger charge is -2.19. The van der Waals surface area contributed by atoms with Crippen LogP contribution in [0.5, 0.6) is 5.88 Å². The van der Waals surface area contributed by atoms with Crippen LogP contribution in [0.15, 0.2) is 30.3 Å². The second kappa shape index (κ2) is 6.01. The Hall–Kier alpha value is -1.94. The Balaban J connectivity index is 2.10. The molecule has 0 unspecified atom stereocenters. The Kier molecular flexibility index (Phi) is 4.35. The maximum atomic E-state index is 11.1. The Labute approximate surface area is 118 Å². The van der Waals surface area contributed by atoms with E-state index in [1.807, 2.05) is 45.0 Å². The Bertz CT molecular complexity index is 602. The summed E-state index contributed by atoms with van der Waals surface area (Å²) in [7, 11) is 0. The first kappa shape index (κ1) is 14.5. The van der Waals surface area contributed by atoms with Crippen LogP contribution in [0.1, 0.15) is 31.1 Å². The van der Waals surface area contributed by atoms with Crippen LogP contribution in [0.3, 0.4) is 0 Å². The summed E-state index contributed by atoms with van der Waals surface area (Å²) in [4.78, 5) is 15.5. The molecule has 0 spiro atoms. The van der Waals surface area contributed by atoms with Crippen LogP contribution < -0.4 is 4.74 Å². The second-order valence-electron chi connectivity index (χ2n) is 5.50. The predicted octanol–water partition coefficient (Wildman–Crippen LogP) is 3.24. The summed E-state index contributed by atoms with van der Waals surface area (Å²) >= 11 is 0. The first-order valence-corrected chi connectivity index (χ1v) is 6.61. The summed E-state index contributed by atoms with van der Waals surface area (Å²) in [5, 5.41) is 0.924. The SMILES string of the molecule is CC(C)(C)OCCOc1nc2ccccc2cc1C=O. The number of rotatable bonds is 5. The number of carbonyl (C=O) groups excluding carboxylic acids is 1. The third kappa shape index (κ3) is 3.78. The van der Waals surface area contributed by atoms with E-state index in [2.05, 4.69) is 4.98 Å². The molecule has 0 radical (unpaired) electrons. The highest BCUT2D eigenvalue weighted by atomic mass is 16.5. The van der Waals surface area contributed by atoms with E-state index >= 15 is 0 Å². The zero-order valence-electron chi connectivity index (χ0n) is 12.1. The van der Waals surface area contributed by atoms with E-state index < -0.39 is 0 Å². The molecule has 1 aromatic heterocycles. The topological polar surface area (TPSA) is 48.4 Å². The van der Waals surface area contributed by atoms with Crippen LogP contribution in [-0.2, 0) is 4.74 Å². The molecular formula is C16H19NO3. The maximum absolute atomic E-state index is 11.1. The number of hydrogen-bond donors (Lipinski definition) is 0. The summed E-state index contributed by atoms with van der Waals surface area (Å²) in [5.74, 6) is 0.358. The molecule has 1 heterocycles. The van der Waals surface area contributed by atoms with Gasteiger partial charge in [-0.05, 0) is 32.9 Å². The van der Waals surface area contributed by atoms with Crippen molar-refractivity contribution in [3.63, 3.8) is 0 Å². The number of para-hydroxylation sites is 1. The zero-order valence-corrected chi connectivity index (χ0v) is 12.1. The number of aromatic nitrogens is 1. The average molecular weight is 273 g/mol. The molecule has 1 aromatic carbocycles. The Morgan fingerprint density at radius 1 is 1.20 bits per heavy atom. The molecule has 2 aromatic rings. The summed E-state index contributed by atoms with van der Waals surface area (Å²) in [6, 6.07) is 9.41. The van der Waals surface area contributed by atoms with E-state index in [-0.39, 0.29) is 5.60 Å². The van der Waals surface area contributed by atoms with Crippen LogP contribution >= 0.6 is 0 Å². The van der Waals surface area contributed by atoms with Crippen molar-refractivity contribution in [1.29, 1.82) is 0 Å². The van der Waals surface area contributed by atoms with Crippen molar-refractivity contribution in [1.82, 2.24) is 4.98 Å². The molecule has 0 aliphatic carbocycles. The lowest BCUT2D eigenvalue weighted by Crippen LogP contribution is -2.22. The molecule has 0 bridgehead atoms. The molecule has 0 saturated carbocycles. The number of fused-ring (bicyclic) bond motifs is 1. The van der Waals surface area contributed by atoms with Crippen molar-refractivity contribution in [3.8, 4) is 5.88 Å². The van der Waals surface area contributed by atoms with Gasteiger partial charge in [-0.1, -0.05) is 18.2 Å². The van der Waals surface area contributed by atoms with E-state index in [1.54, 1.807) is 6.07 Å². The van der Waals surface area contributed by atoms with E-state index in [9.17, 15) is 4.79 Å². The quantitative estimate of drug-likeness (QED) is 0.620. The molecule has 4 heteroatoms. The van der Waals surface area contributed by atoms with Gasteiger partial charge < -0.3 is 9.47 Å². The van der Waals surface area contributed by atoms with Gasteiger partial charge in [-0.3, -0.25) is 4.79 Å². The van der Waals surface area contributed by atoms with Crippen molar-refractivity contribution < 1.29 is 14.3 Å². The fraction of sp³-hybridized carbons (Fsp3) is 0.375. The minimum absolute atomic E-state index is 0.201. The van der Waals surface area contributed by atoms with E-state index in [4.69, 9.17) is 9.47 Å². The fourth-order valence-electron chi connectivity index (χ4n) is 1.80. The monoisotopic (exact) mass is 273 g/mol. The van der Waals surface area contributed by atoms with Crippen LogP contribution in [-0.4, -0.2) is 30.1 Å². The van der Waals surface area contributed by atoms with Crippen LogP contribution in [0, 0.1) is 0 Å². The number of hydrogen-bond acceptors (Lipinski definition) is 4. The van der Waals surface area contributed by atoms with Gasteiger partial charge >= 0.3 is 0 Å². The van der Waals surface area contributed by atoms with Gasteiger partial charge in [0.25, 0.3) is 0 Å². The molecule has 106 valence electrons. The summed E-state index contributed by atoms with van der Waals surface area (Å²) in [6.07, 6.45) is 0.763. The van der Waals surface area contributed by atoms with Crippen molar-refractivity contribution in [3.05, 3.63) is 35.9 Å². The molecule has 4 nitrogen and oxygen atoms in total. The molecule has 0 fully saturated rings. The number of benzene rings is 1. The lowest BCUT2D eigenvalue weighted by atomic mass is 10.1. The smallest absolute Gasteiger partial charge is 0.224 e. The lowest BCUT2D eigenvalue weighted by molar-refractivity contribution is -0.0168. The van der Waals surface area contributed by atoms with Crippen LogP contribution in [0.4, 0.5) is 0 Å². The molecule has 0 atom stereocenters. The predicted molar refractivity (Wildman–Crippen MR) is 78.3 cm³/mol. The zero-order chi connectivity index (χ0) is 14.6. The molecule has 0 N–H and O–H groups in total. The van der Waals surface area contributed by atoms with Gasteiger partial charge in [0, 0.05) is 5.39 Å². The highest BCUT2D eigenvalue weighted by Crippen LogP contribution is 2.20. The van der Waals surface area contributed by atoms with Gasteiger partial charge in [0.2, 0.25) is 5.88 Å². The van der Waals surface area contributed by atoms with Gasteiger partial charge in [0.15, 0.2) is 6.29 Å². The van der Waals surface area contributed by atoms with Crippen molar-refractivity contribution in [2.45, 2.75) is 26.4 Å². The summed E-state index contributed by atoms with van der Waals surface area (Å²) in [6.45, 7) is 6.77. The van der Waals surface area contributed by atoms with Crippen LogP contribution in [0.2, 0.25) is 0 Å². The maximum Gasteiger partial charge on any atom is 0.224 e. The third-order valence-corrected chi connectivity index (χ3v) is 2.70. The Morgan fingerprint density at radius 3 is 2.65 bits per heavy atom. The highest BCUT2D eigenvalue weighted by Gasteiger charge is 2.11. The molecule has 2 rings (SSSR count).